The van der Waals surface area contributed by atoms with Crippen LogP contribution in [-0.4, -0.2) is 26.2 Å². The van der Waals surface area contributed by atoms with Gasteiger partial charge in [-0.3, -0.25) is 4.79 Å². The SMILES string of the molecule is O=C1CC(Cn2ccnc2)=NN1c1ccccn1. The van der Waals surface area contributed by atoms with E-state index in [2.05, 4.69) is 15.1 Å². The third kappa shape index (κ3) is 2.00. The summed E-state index contributed by atoms with van der Waals surface area (Å²) in [6.07, 6.45) is 7.22. The second kappa shape index (κ2) is 4.40. The lowest BCUT2D eigenvalue weighted by Gasteiger charge is -2.08. The largest absolute Gasteiger partial charge is 0.332 e. The monoisotopic (exact) mass is 241 g/mol. The molecule has 18 heavy (non-hydrogen) atoms. The highest BCUT2D eigenvalue weighted by atomic mass is 16.2. The molecule has 1 aliphatic heterocycles. The van der Waals surface area contributed by atoms with Crippen LogP contribution < -0.4 is 5.01 Å². The molecule has 0 aromatic carbocycles. The van der Waals surface area contributed by atoms with Gasteiger partial charge in [0.2, 0.25) is 0 Å². The Hall–Kier alpha value is -2.50. The number of aromatic nitrogens is 3. The minimum atomic E-state index is -0.0520. The molecule has 0 atom stereocenters. The van der Waals surface area contributed by atoms with Crippen LogP contribution >= 0.6 is 0 Å². The molecule has 2 aromatic heterocycles. The first-order valence-electron chi connectivity index (χ1n) is 5.59. The van der Waals surface area contributed by atoms with Crippen molar-refractivity contribution in [2.45, 2.75) is 13.0 Å². The Morgan fingerprint density at radius 1 is 1.28 bits per heavy atom. The summed E-state index contributed by atoms with van der Waals surface area (Å²) < 4.78 is 1.88. The van der Waals surface area contributed by atoms with Gasteiger partial charge in [0.05, 0.1) is 25.0 Å². The van der Waals surface area contributed by atoms with Gasteiger partial charge in [-0.15, -0.1) is 0 Å². The summed E-state index contributed by atoms with van der Waals surface area (Å²) in [4.78, 5) is 19.9. The van der Waals surface area contributed by atoms with Crippen molar-refractivity contribution in [2.24, 2.45) is 5.10 Å². The molecular formula is C12H11N5O. The Labute approximate surface area is 104 Å². The minimum Gasteiger partial charge on any atom is -0.332 e. The smallest absolute Gasteiger partial charge is 0.254 e. The van der Waals surface area contributed by atoms with Gasteiger partial charge in [0.15, 0.2) is 5.82 Å². The molecular weight excluding hydrogens is 230 g/mol. The second-order valence-electron chi connectivity index (χ2n) is 3.97. The van der Waals surface area contributed by atoms with E-state index >= 15 is 0 Å². The van der Waals surface area contributed by atoms with Gasteiger partial charge in [-0.2, -0.15) is 10.1 Å². The molecule has 0 radical (unpaired) electrons. The van der Waals surface area contributed by atoms with Crippen molar-refractivity contribution >= 4 is 17.4 Å². The van der Waals surface area contributed by atoms with E-state index in [9.17, 15) is 4.79 Å². The molecule has 3 rings (SSSR count). The van der Waals surface area contributed by atoms with Gasteiger partial charge < -0.3 is 4.57 Å². The van der Waals surface area contributed by atoms with Gasteiger partial charge in [-0.05, 0) is 12.1 Å². The van der Waals surface area contributed by atoms with Gasteiger partial charge in [0.25, 0.3) is 5.91 Å². The summed E-state index contributed by atoms with van der Waals surface area (Å²) in [5, 5.41) is 5.66. The minimum absolute atomic E-state index is 0.0520. The highest BCUT2D eigenvalue weighted by molar-refractivity contribution is 6.12. The molecule has 0 saturated heterocycles. The number of imidazole rings is 1. The number of nitrogens with zero attached hydrogens (tertiary/aromatic N) is 5. The van der Waals surface area contributed by atoms with Gasteiger partial charge in [-0.1, -0.05) is 6.07 Å². The fourth-order valence-corrected chi connectivity index (χ4v) is 1.82. The first-order valence-corrected chi connectivity index (χ1v) is 5.59. The number of rotatable bonds is 3. The predicted molar refractivity (Wildman–Crippen MR) is 66.0 cm³/mol. The zero-order valence-corrected chi connectivity index (χ0v) is 9.60. The van der Waals surface area contributed by atoms with E-state index in [0.29, 0.717) is 18.8 Å². The van der Waals surface area contributed by atoms with Crippen LogP contribution in [0.15, 0.2) is 48.2 Å². The number of pyridine rings is 1. The number of amides is 1. The molecule has 0 spiro atoms. The van der Waals surface area contributed by atoms with E-state index in [-0.39, 0.29) is 5.91 Å². The molecule has 1 amide bonds. The third-order valence-electron chi connectivity index (χ3n) is 2.62. The second-order valence-corrected chi connectivity index (χ2v) is 3.97. The van der Waals surface area contributed by atoms with Crippen molar-refractivity contribution in [1.82, 2.24) is 14.5 Å². The lowest BCUT2D eigenvalue weighted by atomic mass is 10.2. The summed E-state index contributed by atoms with van der Waals surface area (Å²) in [5.41, 5.74) is 0.809. The highest BCUT2D eigenvalue weighted by Crippen LogP contribution is 2.17. The standard InChI is InChI=1S/C12H11N5O/c18-12-7-10(8-16-6-5-13-9-16)15-17(12)11-3-1-2-4-14-11/h1-6,9H,7-8H2. The van der Waals surface area contributed by atoms with Crippen LogP contribution in [0.2, 0.25) is 0 Å². The molecule has 0 saturated carbocycles. The van der Waals surface area contributed by atoms with Gasteiger partial charge in [0, 0.05) is 18.6 Å². The maximum absolute atomic E-state index is 11.9. The maximum atomic E-state index is 11.9. The topological polar surface area (TPSA) is 63.4 Å². The summed E-state index contributed by atoms with van der Waals surface area (Å²) >= 11 is 0. The Morgan fingerprint density at radius 3 is 2.94 bits per heavy atom. The first kappa shape index (κ1) is 10.6. The van der Waals surface area contributed by atoms with E-state index < -0.39 is 0 Å². The van der Waals surface area contributed by atoms with Crippen LogP contribution in [0.1, 0.15) is 6.42 Å². The van der Waals surface area contributed by atoms with E-state index in [0.717, 1.165) is 5.71 Å². The molecule has 0 N–H and O–H groups in total. The van der Waals surface area contributed by atoms with Crippen molar-refractivity contribution in [3.63, 3.8) is 0 Å². The molecule has 6 heteroatoms. The quantitative estimate of drug-likeness (QED) is 0.807. The Morgan fingerprint density at radius 2 is 2.22 bits per heavy atom. The number of hydrogen-bond donors (Lipinski definition) is 0. The van der Waals surface area contributed by atoms with Crippen LogP contribution in [0, 0.1) is 0 Å². The maximum Gasteiger partial charge on any atom is 0.254 e. The highest BCUT2D eigenvalue weighted by Gasteiger charge is 2.25. The van der Waals surface area contributed by atoms with Crippen molar-refractivity contribution in [1.29, 1.82) is 0 Å². The van der Waals surface area contributed by atoms with Gasteiger partial charge in [0.1, 0.15) is 0 Å². The normalized spacial score (nSPS) is 15.0. The van der Waals surface area contributed by atoms with Crippen molar-refractivity contribution in [3.05, 3.63) is 43.1 Å². The molecule has 2 aromatic rings. The Balaban J connectivity index is 1.81. The molecule has 0 aliphatic carbocycles. The van der Waals surface area contributed by atoms with Crippen LogP contribution in [0.3, 0.4) is 0 Å². The zero-order chi connectivity index (χ0) is 12.4. The summed E-state index contributed by atoms with van der Waals surface area (Å²) in [5.74, 6) is 0.506. The molecule has 1 aliphatic rings. The predicted octanol–water partition coefficient (Wildman–Crippen LogP) is 1.07. The fourth-order valence-electron chi connectivity index (χ4n) is 1.82. The first-order chi connectivity index (χ1) is 8.83. The van der Waals surface area contributed by atoms with E-state index in [1.165, 1.54) is 5.01 Å². The molecule has 0 bridgehead atoms. The van der Waals surface area contributed by atoms with Crippen molar-refractivity contribution < 1.29 is 4.79 Å². The summed E-state index contributed by atoms with van der Waals surface area (Å²) in [6.45, 7) is 0.578. The number of carbonyl (C=O) groups excluding carboxylic acids is 1. The molecule has 3 heterocycles. The third-order valence-corrected chi connectivity index (χ3v) is 2.62. The van der Waals surface area contributed by atoms with Crippen LogP contribution in [-0.2, 0) is 11.3 Å². The molecule has 6 nitrogen and oxygen atoms in total. The number of carbonyl (C=O) groups is 1. The molecule has 90 valence electrons. The average Bonchev–Trinajstić information content (AvgIpc) is 3.01. The summed E-state index contributed by atoms with van der Waals surface area (Å²) in [7, 11) is 0. The van der Waals surface area contributed by atoms with Crippen molar-refractivity contribution in [2.75, 3.05) is 5.01 Å². The Kier molecular flexibility index (Phi) is 2.60. The van der Waals surface area contributed by atoms with Crippen LogP contribution in [0.5, 0.6) is 0 Å². The molecule has 0 fully saturated rings. The van der Waals surface area contributed by atoms with Crippen LogP contribution in [0.4, 0.5) is 5.82 Å². The van der Waals surface area contributed by atoms with E-state index in [1.807, 2.05) is 16.8 Å². The Bertz CT molecular complexity index is 576. The van der Waals surface area contributed by atoms with E-state index in [4.69, 9.17) is 0 Å². The van der Waals surface area contributed by atoms with Crippen LogP contribution in [0.25, 0.3) is 0 Å². The fraction of sp³-hybridized carbons (Fsp3) is 0.167. The number of hydrazone groups is 1. The molecule has 0 unspecified atom stereocenters. The lowest BCUT2D eigenvalue weighted by molar-refractivity contribution is -0.116. The average molecular weight is 241 g/mol. The number of hydrogen-bond acceptors (Lipinski definition) is 4. The zero-order valence-electron chi connectivity index (χ0n) is 9.60. The number of anilines is 1. The van der Waals surface area contributed by atoms with Gasteiger partial charge in [-0.25, -0.2) is 9.97 Å². The summed E-state index contributed by atoms with van der Waals surface area (Å²) in [6, 6.07) is 5.40. The van der Waals surface area contributed by atoms with Gasteiger partial charge >= 0.3 is 0 Å². The van der Waals surface area contributed by atoms with E-state index in [1.54, 1.807) is 30.9 Å². The lowest BCUT2D eigenvalue weighted by Crippen LogP contribution is -2.20. The van der Waals surface area contributed by atoms with Crippen molar-refractivity contribution in [3.8, 4) is 0 Å².